The van der Waals surface area contributed by atoms with E-state index in [1.54, 1.807) is 25.4 Å². The number of amides is 1. The van der Waals surface area contributed by atoms with Crippen LogP contribution in [0.1, 0.15) is 38.3 Å². The first-order valence-corrected chi connectivity index (χ1v) is 20.4. The van der Waals surface area contributed by atoms with Crippen molar-refractivity contribution in [2.24, 2.45) is 11.8 Å². The van der Waals surface area contributed by atoms with Crippen molar-refractivity contribution >= 4 is 26.0 Å². The van der Waals surface area contributed by atoms with Crippen LogP contribution in [-0.2, 0) is 37.8 Å². The predicted molar refractivity (Wildman–Crippen MR) is 193 cm³/mol. The van der Waals surface area contributed by atoms with Crippen molar-refractivity contribution in [2.45, 2.75) is 57.2 Å². The number of hydrogen-bond donors (Lipinski definition) is 2. The summed E-state index contributed by atoms with van der Waals surface area (Å²) < 4.78 is 68.1. The first-order chi connectivity index (χ1) is 24.3. The van der Waals surface area contributed by atoms with Crippen molar-refractivity contribution in [1.82, 2.24) is 23.8 Å². The molecule has 1 fully saturated rings. The van der Waals surface area contributed by atoms with Crippen molar-refractivity contribution in [1.29, 1.82) is 0 Å². The first-order valence-electron chi connectivity index (χ1n) is 17.3. The van der Waals surface area contributed by atoms with Gasteiger partial charge in [0, 0.05) is 64.3 Å². The Morgan fingerprint density at radius 3 is 2.27 bits per heavy atom. The summed E-state index contributed by atoms with van der Waals surface area (Å²) in [5.41, 5.74) is 2.09. The number of hydrogen-bond acceptors (Lipinski definition) is 10. The van der Waals surface area contributed by atoms with Crippen LogP contribution in [0, 0.1) is 11.8 Å². The van der Waals surface area contributed by atoms with E-state index >= 15 is 0 Å². The third-order valence-electron chi connectivity index (χ3n) is 9.11. The maximum Gasteiger partial charge on any atom is 0.243 e. The monoisotopic (exact) mass is 743 g/mol. The van der Waals surface area contributed by atoms with Gasteiger partial charge in [0.1, 0.15) is 0 Å². The largest absolute Gasteiger partial charge is 0.454 e. The molecule has 1 saturated heterocycles. The highest BCUT2D eigenvalue weighted by atomic mass is 32.2. The van der Waals surface area contributed by atoms with E-state index in [0.29, 0.717) is 57.1 Å². The van der Waals surface area contributed by atoms with Crippen LogP contribution in [0.15, 0.2) is 78.0 Å². The van der Waals surface area contributed by atoms with E-state index in [4.69, 9.17) is 9.47 Å². The summed E-state index contributed by atoms with van der Waals surface area (Å²) in [5, 5.41) is 14.5. The average molecular weight is 744 g/mol. The van der Waals surface area contributed by atoms with Crippen LogP contribution in [0.3, 0.4) is 0 Å². The van der Waals surface area contributed by atoms with E-state index < -0.39 is 44.0 Å². The number of carbonyl (C=O) groups excluding carboxylic acids is 1. The Morgan fingerprint density at radius 1 is 0.902 bits per heavy atom. The third-order valence-corrected chi connectivity index (χ3v) is 13.0. The molecule has 1 amide bonds. The van der Waals surface area contributed by atoms with Crippen LogP contribution in [0.2, 0.25) is 0 Å². The summed E-state index contributed by atoms with van der Waals surface area (Å²) in [6.07, 6.45) is 2.97. The molecule has 51 heavy (non-hydrogen) atoms. The summed E-state index contributed by atoms with van der Waals surface area (Å²) in [4.78, 5) is 19.8. The van der Waals surface area contributed by atoms with Gasteiger partial charge < -0.3 is 19.9 Å². The SMILES string of the molecule is CC(C)CN(C[C@@H](O)[C@H](CCc1ccccc1)NC(=O)[C@H](C)CS(=O)(=O)N1CCN(Cc2ccncc2)CC1)S(=O)(=O)c1ccc2c(c1)OCO2. The molecule has 0 bridgehead atoms. The van der Waals surface area contributed by atoms with E-state index in [-0.39, 0.29) is 36.4 Å². The van der Waals surface area contributed by atoms with Gasteiger partial charge in [0.15, 0.2) is 11.5 Å². The Bertz CT molecular complexity index is 1810. The molecule has 5 rings (SSSR count). The van der Waals surface area contributed by atoms with Gasteiger partial charge in [-0.15, -0.1) is 0 Å². The second kappa shape index (κ2) is 17.3. The number of sulfonamides is 2. The molecular formula is C36H49N5O8S2. The number of benzene rings is 2. The molecule has 2 aliphatic rings. The molecule has 0 unspecified atom stereocenters. The molecule has 1 aromatic heterocycles. The van der Waals surface area contributed by atoms with Gasteiger partial charge in [0.2, 0.25) is 32.7 Å². The van der Waals surface area contributed by atoms with Gasteiger partial charge in [-0.2, -0.15) is 8.61 Å². The summed E-state index contributed by atoms with van der Waals surface area (Å²) in [6, 6.07) is 17.0. The fourth-order valence-corrected chi connectivity index (χ4v) is 9.61. The number of piperazine rings is 1. The van der Waals surface area contributed by atoms with Gasteiger partial charge in [0.25, 0.3) is 0 Å². The van der Waals surface area contributed by atoms with Crippen molar-refractivity contribution in [3.63, 3.8) is 0 Å². The summed E-state index contributed by atoms with van der Waals surface area (Å²) in [7, 11) is -7.84. The summed E-state index contributed by atoms with van der Waals surface area (Å²) in [5.74, 6) is -1.12. The average Bonchev–Trinajstić information content (AvgIpc) is 3.59. The molecule has 0 saturated carbocycles. The van der Waals surface area contributed by atoms with Gasteiger partial charge in [-0.05, 0) is 54.2 Å². The van der Waals surface area contributed by atoms with Crippen LogP contribution in [0.4, 0.5) is 0 Å². The van der Waals surface area contributed by atoms with Gasteiger partial charge in [-0.25, -0.2) is 16.8 Å². The van der Waals surface area contributed by atoms with Crippen molar-refractivity contribution in [2.75, 3.05) is 51.8 Å². The zero-order valence-electron chi connectivity index (χ0n) is 29.4. The molecule has 3 heterocycles. The standard InChI is InChI=1S/C36H49N5O8S2/c1-27(2)22-41(51(46,47)31-10-12-34-35(21-31)49-26-48-34)24-33(42)32(11-9-29-7-5-4-6-8-29)38-36(43)28(3)25-50(44,45)40-19-17-39(18-20-40)23-30-13-15-37-16-14-30/h4-8,10,12-16,21,27-28,32-33,42H,9,11,17-20,22-26H2,1-3H3,(H,38,43)/t28-,32+,33-/m1/s1. The molecule has 2 N–H and O–H groups in total. The Labute approximate surface area is 301 Å². The number of pyridine rings is 1. The highest BCUT2D eigenvalue weighted by Gasteiger charge is 2.35. The molecule has 15 heteroatoms. The topological polar surface area (TPSA) is 159 Å². The number of rotatable bonds is 17. The molecule has 3 atom stereocenters. The molecule has 2 aromatic carbocycles. The van der Waals surface area contributed by atoms with Crippen molar-refractivity contribution < 1.29 is 36.2 Å². The lowest BCUT2D eigenvalue weighted by Crippen LogP contribution is -2.53. The fraction of sp³-hybridized carbons (Fsp3) is 0.500. The van der Waals surface area contributed by atoms with Gasteiger partial charge in [-0.3, -0.25) is 14.7 Å². The lowest BCUT2D eigenvalue weighted by atomic mass is 10.00. The van der Waals surface area contributed by atoms with Gasteiger partial charge in [-0.1, -0.05) is 51.1 Å². The third kappa shape index (κ3) is 10.5. The molecule has 3 aromatic rings. The highest BCUT2D eigenvalue weighted by molar-refractivity contribution is 7.89. The van der Waals surface area contributed by atoms with E-state index in [1.165, 1.54) is 20.7 Å². The lowest BCUT2D eigenvalue weighted by molar-refractivity contribution is -0.125. The number of fused-ring (bicyclic) bond motifs is 1. The minimum atomic E-state index is -4.08. The molecule has 0 radical (unpaired) electrons. The fourth-order valence-electron chi connectivity index (χ4n) is 6.26. The minimum Gasteiger partial charge on any atom is -0.454 e. The maximum absolute atomic E-state index is 13.9. The summed E-state index contributed by atoms with van der Waals surface area (Å²) in [6.45, 7) is 7.64. The quantitative estimate of drug-likeness (QED) is 0.211. The second-order valence-corrected chi connectivity index (χ2v) is 17.6. The number of aliphatic hydroxyl groups is 1. The van der Waals surface area contributed by atoms with Crippen LogP contribution >= 0.6 is 0 Å². The molecule has 278 valence electrons. The Morgan fingerprint density at radius 2 is 1.59 bits per heavy atom. The molecule has 0 spiro atoms. The second-order valence-electron chi connectivity index (χ2n) is 13.6. The van der Waals surface area contributed by atoms with E-state index in [1.807, 2.05) is 56.3 Å². The number of nitrogens with zero attached hydrogens (tertiary/aromatic N) is 4. The maximum atomic E-state index is 13.9. The number of carbonyl (C=O) groups is 1. The number of aliphatic hydroxyl groups excluding tert-OH is 1. The first kappa shape index (κ1) is 38.6. The Balaban J connectivity index is 1.25. The number of ether oxygens (including phenoxy) is 2. The zero-order valence-corrected chi connectivity index (χ0v) is 31.1. The summed E-state index contributed by atoms with van der Waals surface area (Å²) >= 11 is 0. The number of nitrogens with one attached hydrogen (secondary N) is 1. The van der Waals surface area contributed by atoms with Crippen molar-refractivity contribution in [3.8, 4) is 11.5 Å². The smallest absolute Gasteiger partial charge is 0.243 e. The number of aromatic nitrogens is 1. The molecular weight excluding hydrogens is 695 g/mol. The van der Waals surface area contributed by atoms with E-state index in [0.717, 1.165) is 11.1 Å². The highest BCUT2D eigenvalue weighted by Crippen LogP contribution is 2.35. The van der Waals surface area contributed by atoms with E-state index in [2.05, 4.69) is 15.2 Å². The number of aryl methyl sites for hydroxylation is 1. The van der Waals surface area contributed by atoms with Crippen LogP contribution in [0.5, 0.6) is 11.5 Å². The zero-order chi connectivity index (χ0) is 36.6. The van der Waals surface area contributed by atoms with Crippen LogP contribution in [-0.4, -0.2) is 110 Å². The molecule has 2 aliphatic heterocycles. The van der Waals surface area contributed by atoms with Crippen LogP contribution < -0.4 is 14.8 Å². The Kier molecular flexibility index (Phi) is 13.1. The molecule has 0 aliphatic carbocycles. The normalized spacial score (nSPS) is 17.4. The molecule has 13 nitrogen and oxygen atoms in total. The Hall–Kier alpha value is -3.60. The predicted octanol–water partition coefficient (Wildman–Crippen LogP) is 2.72. The van der Waals surface area contributed by atoms with E-state index in [9.17, 15) is 26.7 Å². The lowest BCUT2D eigenvalue weighted by Gasteiger charge is -2.34. The minimum absolute atomic E-state index is 0.000582. The van der Waals surface area contributed by atoms with Crippen molar-refractivity contribution in [3.05, 3.63) is 84.2 Å². The van der Waals surface area contributed by atoms with Gasteiger partial charge in [0.05, 0.1) is 28.7 Å². The van der Waals surface area contributed by atoms with Gasteiger partial charge >= 0.3 is 0 Å². The van der Waals surface area contributed by atoms with Crippen LogP contribution in [0.25, 0.3) is 0 Å².